The summed E-state index contributed by atoms with van der Waals surface area (Å²) >= 11 is 0. The molecule has 0 saturated carbocycles. The molecule has 0 radical (unpaired) electrons. The number of unbranched alkanes of at least 4 members (excludes halogenated alkanes) is 8. The highest BCUT2D eigenvalue weighted by Gasteiger charge is 2.05. The summed E-state index contributed by atoms with van der Waals surface area (Å²) in [6, 6.07) is 10.8. The lowest BCUT2D eigenvalue weighted by Gasteiger charge is -2.12. The predicted molar refractivity (Wildman–Crippen MR) is 91.2 cm³/mol. The van der Waals surface area contributed by atoms with E-state index in [2.05, 4.69) is 49.9 Å². The molecule has 20 heavy (non-hydrogen) atoms. The molecule has 0 amide bonds. The topological polar surface area (TPSA) is 0 Å². The summed E-state index contributed by atoms with van der Waals surface area (Å²) in [4.78, 5) is 0. The summed E-state index contributed by atoms with van der Waals surface area (Å²) in [5.74, 6) is 0.542. The third-order valence-electron chi connectivity index (χ3n) is 4.13. The van der Waals surface area contributed by atoms with Crippen LogP contribution in [0.4, 0.5) is 0 Å². The molecule has 112 valence electrons. The normalized spacial score (nSPS) is 12.2. The summed E-state index contributed by atoms with van der Waals surface area (Å²) in [6.07, 6.45) is 16.0. The summed E-state index contributed by atoms with van der Waals surface area (Å²) in [5, 5.41) is 0. The number of benzene rings is 1. The van der Waals surface area contributed by atoms with Crippen molar-refractivity contribution in [1.82, 2.24) is 0 Å². The Hall–Kier alpha value is -1.04. The van der Waals surface area contributed by atoms with E-state index < -0.39 is 0 Å². The Morgan fingerprint density at radius 2 is 1.40 bits per heavy atom. The summed E-state index contributed by atoms with van der Waals surface area (Å²) in [6.45, 7) is 6.27. The molecule has 1 aromatic rings. The van der Waals surface area contributed by atoms with Crippen LogP contribution in [0.15, 0.2) is 43.0 Å². The van der Waals surface area contributed by atoms with Gasteiger partial charge in [0.1, 0.15) is 0 Å². The van der Waals surface area contributed by atoms with Gasteiger partial charge in [-0.25, -0.2) is 0 Å². The van der Waals surface area contributed by atoms with Gasteiger partial charge in [-0.1, -0.05) is 101 Å². The maximum atomic E-state index is 3.99. The van der Waals surface area contributed by atoms with Gasteiger partial charge in [0.15, 0.2) is 0 Å². The van der Waals surface area contributed by atoms with E-state index in [1.807, 2.05) is 0 Å². The molecule has 1 rings (SSSR count). The van der Waals surface area contributed by atoms with Crippen molar-refractivity contribution < 1.29 is 0 Å². The lowest BCUT2D eigenvalue weighted by molar-refractivity contribution is 0.548. The Kier molecular flexibility index (Phi) is 10.0. The molecule has 0 nitrogen and oxygen atoms in total. The van der Waals surface area contributed by atoms with Crippen molar-refractivity contribution in [2.24, 2.45) is 0 Å². The fourth-order valence-corrected chi connectivity index (χ4v) is 2.80. The molecule has 0 aliphatic rings. The van der Waals surface area contributed by atoms with Crippen LogP contribution < -0.4 is 0 Å². The van der Waals surface area contributed by atoms with Gasteiger partial charge in [-0.05, 0) is 12.0 Å². The molecule has 0 spiro atoms. The minimum Gasteiger partial charge on any atom is -0.102 e. The zero-order chi connectivity index (χ0) is 14.5. The molecule has 1 atom stereocenters. The van der Waals surface area contributed by atoms with Crippen LogP contribution in [0.25, 0.3) is 0 Å². The second kappa shape index (κ2) is 11.8. The highest BCUT2D eigenvalue weighted by Crippen LogP contribution is 2.23. The Bertz CT molecular complexity index is 325. The predicted octanol–water partition coefficient (Wildman–Crippen LogP) is 6.88. The molecule has 1 unspecified atom stereocenters. The van der Waals surface area contributed by atoms with Crippen LogP contribution in [0.3, 0.4) is 0 Å². The van der Waals surface area contributed by atoms with Crippen LogP contribution in [0.2, 0.25) is 0 Å². The van der Waals surface area contributed by atoms with Crippen molar-refractivity contribution in [1.29, 1.82) is 0 Å². The van der Waals surface area contributed by atoms with Gasteiger partial charge < -0.3 is 0 Å². The average molecular weight is 272 g/mol. The Morgan fingerprint density at radius 1 is 0.850 bits per heavy atom. The van der Waals surface area contributed by atoms with Gasteiger partial charge in [-0.15, -0.1) is 6.58 Å². The second-order valence-corrected chi connectivity index (χ2v) is 5.87. The van der Waals surface area contributed by atoms with E-state index in [1.165, 1.54) is 69.8 Å². The Labute approximate surface area is 126 Å². The largest absolute Gasteiger partial charge is 0.102 e. The van der Waals surface area contributed by atoms with Gasteiger partial charge >= 0.3 is 0 Å². The van der Waals surface area contributed by atoms with E-state index >= 15 is 0 Å². The monoisotopic (exact) mass is 272 g/mol. The zero-order valence-corrected chi connectivity index (χ0v) is 13.3. The Morgan fingerprint density at radius 3 is 1.95 bits per heavy atom. The van der Waals surface area contributed by atoms with Gasteiger partial charge in [0.25, 0.3) is 0 Å². The highest BCUT2D eigenvalue weighted by atomic mass is 14.1. The standard InChI is InChI=1S/C20H32/c1-3-5-6-7-8-9-10-11-13-16-19(4-2)20-17-14-12-15-18-20/h4,12,14-15,17-19H,2-3,5-11,13,16H2,1H3. The maximum Gasteiger partial charge on any atom is 0.00152 e. The van der Waals surface area contributed by atoms with Crippen LogP contribution in [-0.2, 0) is 0 Å². The van der Waals surface area contributed by atoms with Crippen LogP contribution >= 0.6 is 0 Å². The van der Waals surface area contributed by atoms with E-state index in [9.17, 15) is 0 Å². The number of hydrogen-bond acceptors (Lipinski definition) is 0. The second-order valence-electron chi connectivity index (χ2n) is 5.87. The van der Waals surface area contributed by atoms with E-state index in [0.29, 0.717) is 5.92 Å². The minimum atomic E-state index is 0.542. The van der Waals surface area contributed by atoms with Gasteiger partial charge in [0.05, 0.1) is 0 Å². The summed E-state index contributed by atoms with van der Waals surface area (Å²) in [5.41, 5.74) is 1.42. The van der Waals surface area contributed by atoms with Crippen LogP contribution in [0.1, 0.15) is 82.6 Å². The highest BCUT2D eigenvalue weighted by molar-refractivity contribution is 5.22. The molecule has 0 heterocycles. The van der Waals surface area contributed by atoms with Crippen LogP contribution in [0, 0.1) is 0 Å². The van der Waals surface area contributed by atoms with Gasteiger partial charge in [0.2, 0.25) is 0 Å². The minimum absolute atomic E-state index is 0.542. The SMILES string of the molecule is C=CC(CCCCCCCCCCC)c1ccccc1. The first-order chi connectivity index (χ1) is 9.88. The van der Waals surface area contributed by atoms with E-state index in [0.717, 1.165) is 0 Å². The van der Waals surface area contributed by atoms with E-state index in [1.54, 1.807) is 0 Å². The zero-order valence-electron chi connectivity index (χ0n) is 13.3. The van der Waals surface area contributed by atoms with Crippen molar-refractivity contribution in [3.05, 3.63) is 48.6 Å². The lowest BCUT2D eigenvalue weighted by Crippen LogP contribution is -1.94. The Balaban J connectivity index is 2.04. The third kappa shape index (κ3) is 7.53. The maximum absolute atomic E-state index is 3.99. The van der Waals surface area contributed by atoms with Crippen molar-refractivity contribution in [2.45, 2.75) is 77.0 Å². The quantitative estimate of drug-likeness (QED) is 0.287. The fraction of sp³-hybridized carbons (Fsp3) is 0.600. The summed E-state index contributed by atoms with van der Waals surface area (Å²) in [7, 11) is 0. The van der Waals surface area contributed by atoms with Gasteiger partial charge in [0, 0.05) is 5.92 Å². The molecule has 0 aliphatic carbocycles. The van der Waals surface area contributed by atoms with E-state index in [-0.39, 0.29) is 0 Å². The van der Waals surface area contributed by atoms with Crippen LogP contribution in [-0.4, -0.2) is 0 Å². The number of rotatable bonds is 12. The average Bonchev–Trinajstić information content (AvgIpc) is 2.50. The van der Waals surface area contributed by atoms with Crippen molar-refractivity contribution >= 4 is 0 Å². The van der Waals surface area contributed by atoms with Crippen molar-refractivity contribution in [3.63, 3.8) is 0 Å². The number of hydrogen-bond donors (Lipinski definition) is 0. The molecule has 1 aromatic carbocycles. The molecule has 0 saturated heterocycles. The lowest BCUT2D eigenvalue weighted by atomic mass is 9.93. The number of allylic oxidation sites excluding steroid dienone is 1. The molecule has 0 fully saturated rings. The molecule has 0 N–H and O–H groups in total. The summed E-state index contributed by atoms with van der Waals surface area (Å²) < 4.78 is 0. The molecular formula is C20H32. The molecule has 0 bridgehead atoms. The molecule has 0 heteroatoms. The van der Waals surface area contributed by atoms with Crippen molar-refractivity contribution in [3.8, 4) is 0 Å². The van der Waals surface area contributed by atoms with Crippen LogP contribution in [0.5, 0.6) is 0 Å². The smallest absolute Gasteiger partial charge is 0.00152 e. The van der Waals surface area contributed by atoms with E-state index in [4.69, 9.17) is 0 Å². The van der Waals surface area contributed by atoms with Gasteiger partial charge in [-0.3, -0.25) is 0 Å². The molecular weight excluding hydrogens is 240 g/mol. The third-order valence-corrected chi connectivity index (χ3v) is 4.13. The molecule has 0 aromatic heterocycles. The first kappa shape index (κ1) is 17.0. The van der Waals surface area contributed by atoms with Gasteiger partial charge in [-0.2, -0.15) is 0 Å². The molecule has 0 aliphatic heterocycles. The fourth-order valence-electron chi connectivity index (χ4n) is 2.80. The van der Waals surface area contributed by atoms with Crippen molar-refractivity contribution in [2.75, 3.05) is 0 Å². The first-order valence-corrected chi connectivity index (χ1v) is 8.56. The first-order valence-electron chi connectivity index (χ1n) is 8.56.